The number of aryl methyl sites for hydroxylation is 1. The molecule has 34 heavy (non-hydrogen) atoms. The molecule has 1 aliphatic rings. The minimum atomic E-state index is -0.131. The van der Waals surface area contributed by atoms with Crippen molar-refractivity contribution in [2.75, 3.05) is 31.1 Å². The fraction of sp³-hybridized carbons (Fsp3) is 0.333. The summed E-state index contributed by atoms with van der Waals surface area (Å²) in [4.78, 5) is 22.4. The minimum absolute atomic E-state index is 0.131. The molecule has 0 spiro atoms. The first kappa shape index (κ1) is 23.9. The van der Waals surface area contributed by atoms with Gasteiger partial charge < -0.3 is 15.1 Å². The number of anilines is 1. The fourth-order valence-electron chi connectivity index (χ4n) is 4.30. The van der Waals surface area contributed by atoms with Crippen LogP contribution in [0.5, 0.6) is 0 Å². The number of piperazine rings is 1. The number of rotatable bonds is 7. The first-order valence-corrected chi connectivity index (χ1v) is 12.2. The van der Waals surface area contributed by atoms with Crippen LogP contribution in [0.15, 0.2) is 66.5 Å². The summed E-state index contributed by atoms with van der Waals surface area (Å²) in [6, 6.07) is 12.0. The van der Waals surface area contributed by atoms with Gasteiger partial charge in [-0.3, -0.25) is 9.20 Å². The monoisotopic (exact) mass is 477 g/mol. The number of imidazole rings is 1. The highest BCUT2D eigenvalue weighted by molar-refractivity contribution is 6.30. The van der Waals surface area contributed by atoms with Gasteiger partial charge in [-0.05, 0) is 50.1 Å². The Morgan fingerprint density at radius 2 is 1.88 bits per heavy atom. The maximum Gasteiger partial charge on any atom is 0.270 e. The molecule has 0 bridgehead atoms. The SMILES string of the molecule is CC=CC=C(C)N1CCN(c2ccc(CNC(=O)c3c(CC)nc4cc(Cl)ccn34)cc2)CC1. The Morgan fingerprint density at radius 3 is 2.56 bits per heavy atom. The Hall–Kier alpha value is -3.25. The third-order valence-electron chi connectivity index (χ3n) is 6.27. The standard InChI is InChI=1S/C27H32ClN5O/c1-4-6-7-20(3)31-14-16-32(17-15-31)23-10-8-21(9-11-23)19-29-27(34)26-24(5-2)30-25-18-22(28)12-13-33(25)26/h4,6-13,18H,5,14-17,19H2,1-3H3,(H,29,34). The van der Waals surface area contributed by atoms with Gasteiger partial charge in [-0.15, -0.1) is 0 Å². The number of benzene rings is 1. The molecule has 1 amide bonds. The maximum absolute atomic E-state index is 13.0. The largest absolute Gasteiger partial charge is 0.371 e. The number of pyridine rings is 1. The van der Waals surface area contributed by atoms with Gasteiger partial charge in [-0.25, -0.2) is 4.98 Å². The Balaban J connectivity index is 1.36. The normalized spacial score (nSPS) is 14.9. The highest BCUT2D eigenvalue weighted by Crippen LogP contribution is 2.20. The Kier molecular flexibility index (Phi) is 7.58. The van der Waals surface area contributed by atoms with Gasteiger partial charge in [0, 0.05) is 61.4 Å². The van der Waals surface area contributed by atoms with Gasteiger partial charge in [-0.1, -0.05) is 42.8 Å². The highest BCUT2D eigenvalue weighted by atomic mass is 35.5. The molecule has 1 aromatic carbocycles. The van der Waals surface area contributed by atoms with E-state index in [1.165, 1.54) is 11.4 Å². The molecule has 1 aliphatic heterocycles. The van der Waals surface area contributed by atoms with Crippen LogP contribution < -0.4 is 10.2 Å². The van der Waals surface area contributed by atoms with Crippen LogP contribution in [0.25, 0.3) is 5.65 Å². The molecule has 0 atom stereocenters. The zero-order chi connectivity index (χ0) is 24.1. The third kappa shape index (κ3) is 5.28. The number of hydrogen-bond donors (Lipinski definition) is 1. The van der Waals surface area contributed by atoms with Gasteiger partial charge in [0.05, 0.1) is 5.69 Å². The summed E-state index contributed by atoms with van der Waals surface area (Å²) < 4.78 is 1.80. The van der Waals surface area contributed by atoms with Crippen LogP contribution >= 0.6 is 11.6 Å². The molecule has 7 heteroatoms. The summed E-state index contributed by atoms with van der Waals surface area (Å²) in [5.41, 5.74) is 5.62. The first-order chi connectivity index (χ1) is 16.5. The van der Waals surface area contributed by atoms with Crippen LogP contribution in [0, 0.1) is 0 Å². The number of aromatic nitrogens is 2. The summed E-state index contributed by atoms with van der Waals surface area (Å²) in [6.45, 7) is 10.7. The van der Waals surface area contributed by atoms with Crippen molar-refractivity contribution in [3.05, 3.63) is 88.5 Å². The summed E-state index contributed by atoms with van der Waals surface area (Å²) in [5, 5.41) is 3.66. The van der Waals surface area contributed by atoms with Gasteiger partial charge in [0.25, 0.3) is 5.91 Å². The topological polar surface area (TPSA) is 52.9 Å². The molecule has 2 aromatic heterocycles. The summed E-state index contributed by atoms with van der Waals surface area (Å²) in [7, 11) is 0. The van der Waals surface area contributed by atoms with Gasteiger partial charge >= 0.3 is 0 Å². The van der Waals surface area contributed by atoms with E-state index in [0.29, 0.717) is 29.3 Å². The van der Waals surface area contributed by atoms with Crippen LogP contribution in [-0.4, -0.2) is 46.4 Å². The van der Waals surface area contributed by atoms with E-state index in [1.807, 2.05) is 13.8 Å². The average Bonchev–Trinajstić information content (AvgIpc) is 3.24. The molecular formula is C27H32ClN5O. The van der Waals surface area contributed by atoms with Crippen molar-refractivity contribution in [2.45, 2.75) is 33.7 Å². The Morgan fingerprint density at radius 1 is 1.15 bits per heavy atom. The summed E-state index contributed by atoms with van der Waals surface area (Å²) in [5.74, 6) is -0.131. The Labute approximate surface area is 206 Å². The Bertz CT molecular complexity index is 1200. The van der Waals surface area contributed by atoms with Crippen molar-refractivity contribution >= 4 is 28.8 Å². The van der Waals surface area contributed by atoms with E-state index in [4.69, 9.17) is 11.6 Å². The molecule has 0 unspecified atom stereocenters. The second kappa shape index (κ2) is 10.8. The molecule has 0 aliphatic carbocycles. The van der Waals surface area contributed by atoms with Gasteiger partial charge in [0.15, 0.2) is 0 Å². The van der Waals surface area contributed by atoms with E-state index < -0.39 is 0 Å². The van der Waals surface area contributed by atoms with Gasteiger partial charge in [0.2, 0.25) is 0 Å². The van der Waals surface area contributed by atoms with Crippen LogP contribution in [0.4, 0.5) is 5.69 Å². The van der Waals surface area contributed by atoms with Crippen molar-refractivity contribution < 1.29 is 4.79 Å². The van der Waals surface area contributed by atoms with E-state index >= 15 is 0 Å². The lowest BCUT2D eigenvalue weighted by molar-refractivity contribution is 0.0944. The van der Waals surface area contributed by atoms with Crippen LogP contribution in [0.1, 0.15) is 42.5 Å². The molecule has 1 fully saturated rings. The number of carbonyl (C=O) groups excluding carboxylic acids is 1. The molecule has 1 saturated heterocycles. The number of nitrogens with zero attached hydrogens (tertiary/aromatic N) is 4. The van der Waals surface area contributed by atoms with Gasteiger partial charge in [0.1, 0.15) is 11.3 Å². The molecule has 0 radical (unpaired) electrons. The van der Waals surface area contributed by atoms with Crippen molar-refractivity contribution in [1.29, 1.82) is 0 Å². The highest BCUT2D eigenvalue weighted by Gasteiger charge is 2.19. The average molecular weight is 478 g/mol. The van der Waals surface area contributed by atoms with E-state index in [-0.39, 0.29) is 5.91 Å². The number of allylic oxidation sites excluding steroid dienone is 4. The molecule has 0 saturated carbocycles. The predicted octanol–water partition coefficient (Wildman–Crippen LogP) is 5.08. The van der Waals surface area contributed by atoms with Crippen LogP contribution in [0.3, 0.4) is 0 Å². The van der Waals surface area contributed by atoms with Crippen molar-refractivity contribution in [2.24, 2.45) is 0 Å². The quantitative estimate of drug-likeness (QED) is 0.482. The first-order valence-electron chi connectivity index (χ1n) is 11.8. The number of halogens is 1. The number of fused-ring (bicyclic) bond motifs is 1. The number of amides is 1. The molecule has 4 rings (SSSR count). The molecule has 1 N–H and O–H groups in total. The molecule has 3 heterocycles. The number of hydrogen-bond acceptors (Lipinski definition) is 4. The maximum atomic E-state index is 13.0. The third-order valence-corrected chi connectivity index (χ3v) is 6.51. The number of carbonyl (C=O) groups is 1. The van der Waals surface area contributed by atoms with Crippen molar-refractivity contribution in [3.8, 4) is 0 Å². The fourth-order valence-corrected chi connectivity index (χ4v) is 4.46. The number of nitrogens with one attached hydrogen (secondary N) is 1. The van der Waals surface area contributed by atoms with E-state index in [1.54, 1.807) is 22.7 Å². The van der Waals surface area contributed by atoms with Crippen molar-refractivity contribution in [1.82, 2.24) is 19.6 Å². The molecule has 178 valence electrons. The van der Waals surface area contributed by atoms with E-state index in [0.717, 1.165) is 37.4 Å². The smallest absolute Gasteiger partial charge is 0.270 e. The zero-order valence-corrected chi connectivity index (χ0v) is 20.8. The molecule has 3 aromatic rings. The lowest BCUT2D eigenvalue weighted by atomic mass is 10.1. The second-order valence-electron chi connectivity index (χ2n) is 8.49. The minimum Gasteiger partial charge on any atom is -0.371 e. The lowest BCUT2D eigenvalue weighted by Crippen LogP contribution is -2.45. The van der Waals surface area contributed by atoms with Crippen LogP contribution in [0.2, 0.25) is 5.02 Å². The lowest BCUT2D eigenvalue weighted by Gasteiger charge is -2.37. The summed E-state index contributed by atoms with van der Waals surface area (Å²) >= 11 is 6.09. The van der Waals surface area contributed by atoms with E-state index in [2.05, 4.69) is 69.5 Å². The second-order valence-corrected chi connectivity index (χ2v) is 8.93. The van der Waals surface area contributed by atoms with Crippen molar-refractivity contribution in [3.63, 3.8) is 0 Å². The predicted molar refractivity (Wildman–Crippen MR) is 140 cm³/mol. The molecular weight excluding hydrogens is 446 g/mol. The summed E-state index contributed by atoms with van der Waals surface area (Å²) in [6.07, 6.45) is 8.79. The van der Waals surface area contributed by atoms with Gasteiger partial charge in [-0.2, -0.15) is 0 Å². The van der Waals surface area contributed by atoms with Crippen LogP contribution in [-0.2, 0) is 13.0 Å². The molecule has 6 nitrogen and oxygen atoms in total. The van der Waals surface area contributed by atoms with E-state index in [9.17, 15) is 4.79 Å². The zero-order valence-electron chi connectivity index (χ0n) is 20.1.